The third-order valence-electron chi connectivity index (χ3n) is 5.40. The third-order valence-corrected chi connectivity index (χ3v) is 6.87. The highest BCUT2D eigenvalue weighted by atomic mass is 32.2. The van der Waals surface area contributed by atoms with Crippen LogP contribution in [0.2, 0.25) is 0 Å². The van der Waals surface area contributed by atoms with Crippen LogP contribution in [-0.2, 0) is 19.1 Å². The number of hydrogen-bond donors (Lipinski definition) is 0. The molecule has 2 atom stereocenters. The molecule has 0 aromatic heterocycles. The van der Waals surface area contributed by atoms with Crippen molar-refractivity contribution in [2.75, 3.05) is 20.0 Å². The van der Waals surface area contributed by atoms with Crippen LogP contribution in [-0.4, -0.2) is 58.1 Å². The highest BCUT2D eigenvalue weighted by Gasteiger charge is 2.44. The Morgan fingerprint density at radius 3 is 2.42 bits per heavy atom. The Hall–Kier alpha value is -2.65. The summed E-state index contributed by atoms with van der Waals surface area (Å²) in [5.74, 6) is -0.145. The molecule has 31 heavy (non-hydrogen) atoms. The molecule has 1 unspecified atom stereocenters. The lowest BCUT2D eigenvalue weighted by Crippen LogP contribution is -2.50. The van der Waals surface area contributed by atoms with Gasteiger partial charge in [0.1, 0.15) is 4.32 Å². The standard InChI is InChI=1S/C22H24N2O5S2/c1-22(2,19(26)28-3)17-11-10-15(12-23(17)20(27)29-4)18(25)24-16(13-31-21(24)30)14-8-6-5-7-9-14/h5-12,16-17H,13H2,1-4H3/t16-,17?/m1/s1. The number of carbonyl (C=O) groups excluding carboxylic acids is 3. The summed E-state index contributed by atoms with van der Waals surface area (Å²) in [5, 5.41) is 0. The number of esters is 1. The maximum absolute atomic E-state index is 13.4. The van der Waals surface area contributed by atoms with Gasteiger partial charge in [-0.2, -0.15) is 0 Å². The molecule has 7 nitrogen and oxygen atoms in total. The van der Waals surface area contributed by atoms with Gasteiger partial charge >= 0.3 is 12.1 Å². The fraction of sp³-hybridized carbons (Fsp3) is 0.364. The zero-order valence-corrected chi connectivity index (χ0v) is 19.4. The predicted molar refractivity (Wildman–Crippen MR) is 122 cm³/mol. The first-order chi connectivity index (χ1) is 14.7. The Kier molecular flexibility index (Phi) is 6.86. The van der Waals surface area contributed by atoms with Gasteiger partial charge < -0.3 is 9.47 Å². The number of carbonyl (C=O) groups is 3. The lowest BCUT2D eigenvalue weighted by atomic mass is 9.82. The maximum Gasteiger partial charge on any atom is 0.414 e. The molecule has 0 spiro atoms. The van der Waals surface area contributed by atoms with Gasteiger partial charge in [0.15, 0.2) is 0 Å². The smallest absolute Gasteiger partial charge is 0.414 e. The zero-order chi connectivity index (χ0) is 22.8. The Bertz CT molecular complexity index is 958. The number of thioether (sulfide) groups is 1. The summed E-state index contributed by atoms with van der Waals surface area (Å²) in [6.45, 7) is 3.34. The van der Waals surface area contributed by atoms with Crippen molar-refractivity contribution in [1.29, 1.82) is 0 Å². The number of nitrogens with zero attached hydrogens (tertiary/aromatic N) is 2. The molecule has 0 bridgehead atoms. The Balaban J connectivity index is 1.94. The van der Waals surface area contributed by atoms with Gasteiger partial charge in [0.05, 0.1) is 37.3 Å². The van der Waals surface area contributed by atoms with Crippen molar-refractivity contribution in [3.05, 3.63) is 59.8 Å². The molecule has 2 aliphatic rings. The van der Waals surface area contributed by atoms with Gasteiger partial charge in [0, 0.05) is 12.0 Å². The molecule has 0 saturated carbocycles. The second kappa shape index (κ2) is 9.23. The average molecular weight is 461 g/mol. The normalized spacial score (nSPS) is 21.0. The lowest BCUT2D eigenvalue weighted by molar-refractivity contribution is -0.152. The average Bonchev–Trinajstić information content (AvgIpc) is 3.18. The van der Waals surface area contributed by atoms with Gasteiger partial charge in [-0.05, 0) is 25.5 Å². The molecule has 9 heteroatoms. The van der Waals surface area contributed by atoms with E-state index in [0.717, 1.165) is 5.56 Å². The molecule has 1 aromatic carbocycles. The van der Waals surface area contributed by atoms with Crippen LogP contribution in [0.25, 0.3) is 0 Å². The van der Waals surface area contributed by atoms with E-state index in [9.17, 15) is 14.4 Å². The first-order valence-electron chi connectivity index (χ1n) is 9.62. The van der Waals surface area contributed by atoms with E-state index in [1.54, 1.807) is 30.9 Å². The van der Waals surface area contributed by atoms with Crippen LogP contribution in [0.4, 0.5) is 4.79 Å². The van der Waals surface area contributed by atoms with Crippen molar-refractivity contribution in [2.45, 2.75) is 25.9 Å². The van der Waals surface area contributed by atoms with Crippen LogP contribution in [0.3, 0.4) is 0 Å². The predicted octanol–water partition coefficient (Wildman–Crippen LogP) is 3.68. The second-order valence-electron chi connectivity index (χ2n) is 7.66. The van der Waals surface area contributed by atoms with Crippen LogP contribution in [0.15, 0.2) is 54.3 Å². The number of rotatable bonds is 4. The first kappa shape index (κ1) is 23.0. The van der Waals surface area contributed by atoms with Crippen molar-refractivity contribution >= 4 is 46.3 Å². The number of thiocarbonyl (C=S) groups is 1. The fourth-order valence-corrected chi connectivity index (χ4v) is 5.04. The highest BCUT2D eigenvalue weighted by Crippen LogP contribution is 2.38. The van der Waals surface area contributed by atoms with Crippen molar-refractivity contribution < 1.29 is 23.9 Å². The SMILES string of the molecule is COC(=O)N1C=C(C(=O)N2C(=S)SC[C@@H]2c2ccccc2)C=CC1C(C)(C)C(=O)OC. The van der Waals surface area contributed by atoms with E-state index < -0.39 is 23.5 Å². The van der Waals surface area contributed by atoms with Gasteiger partial charge in [-0.15, -0.1) is 0 Å². The van der Waals surface area contributed by atoms with E-state index in [-0.39, 0.29) is 17.5 Å². The zero-order valence-electron chi connectivity index (χ0n) is 17.7. The van der Waals surface area contributed by atoms with Gasteiger partial charge in [-0.3, -0.25) is 19.4 Å². The largest absolute Gasteiger partial charge is 0.469 e. The number of ether oxygens (including phenoxy) is 2. The molecule has 0 N–H and O–H groups in total. The van der Waals surface area contributed by atoms with Crippen LogP contribution in [0, 0.1) is 5.41 Å². The topological polar surface area (TPSA) is 76.2 Å². The minimum Gasteiger partial charge on any atom is -0.469 e. The van der Waals surface area contributed by atoms with Crippen LogP contribution < -0.4 is 0 Å². The van der Waals surface area contributed by atoms with Gasteiger partial charge in [0.25, 0.3) is 5.91 Å². The summed E-state index contributed by atoms with van der Waals surface area (Å²) in [7, 11) is 2.54. The Morgan fingerprint density at radius 1 is 1.13 bits per heavy atom. The van der Waals surface area contributed by atoms with Crippen LogP contribution >= 0.6 is 24.0 Å². The lowest BCUT2D eigenvalue weighted by Gasteiger charge is -2.38. The molecule has 3 rings (SSSR count). The monoisotopic (exact) mass is 460 g/mol. The van der Waals surface area contributed by atoms with Crippen LogP contribution in [0.5, 0.6) is 0 Å². The molecule has 0 aliphatic carbocycles. The summed E-state index contributed by atoms with van der Waals surface area (Å²) >= 11 is 6.89. The Morgan fingerprint density at radius 2 is 1.81 bits per heavy atom. The molecular weight excluding hydrogens is 436 g/mol. The van der Waals surface area contributed by atoms with Crippen molar-refractivity contribution in [1.82, 2.24) is 9.80 Å². The molecule has 1 fully saturated rings. The number of amides is 2. The minimum atomic E-state index is -1.06. The summed E-state index contributed by atoms with van der Waals surface area (Å²) in [6, 6.07) is 8.79. The molecular formula is C22H24N2O5S2. The molecule has 2 aliphatic heterocycles. The van der Waals surface area contributed by atoms with Crippen LogP contribution in [0.1, 0.15) is 25.5 Å². The van der Waals surface area contributed by atoms with E-state index >= 15 is 0 Å². The van der Waals surface area contributed by atoms with E-state index in [1.807, 2.05) is 30.3 Å². The van der Waals surface area contributed by atoms with Gasteiger partial charge in [-0.25, -0.2) is 4.79 Å². The summed E-state index contributed by atoms with van der Waals surface area (Å²) in [6.07, 6.45) is 3.99. The molecule has 1 saturated heterocycles. The summed E-state index contributed by atoms with van der Waals surface area (Å²) in [4.78, 5) is 41.1. The van der Waals surface area contributed by atoms with E-state index in [1.165, 1.54) is 37.1 Å². The summed E-state index contributed by atoms with van der Waals surface area (Å²) < 4.78 is 10.3. The quantitative estimate of drug-likeness (QED) is 0.501. The minimum absolute atomic E-state index is 0.198. The van der Waals surface area contributed by atoms with Gasteiger partial charge in [0.2, 0.25) is 0 Å². The molecule has 2 amide bonds. The number of benzene rings is 1. The highest BCUT2D eigenvalue weighted by molar-refractivity contribution is 8.23. The maximum atomic E-state index is 13.4. The first-order valence-corrected chi connectivity index (χ1v) is 11.0. The van der Waals surface area contributed by atoms with E-state index in [0.29, 0.717) is 10.1 Å². The van der Waals surface area contributed by atoms with E-state index in [4.69, 9.17) is 21.7 Å². The van der Waals surface area contributed by atoms with Crippen molar-refractivity contribution in [3.8, 4) is 0 Å². The van der Waals surface area contributed by atoms with Gasteiger partial charge in [-0.1, -0.05) is 60.4 Å². The van der Waals surface area contributed by atoms with Crippen molar-refractivity contribution in [2.24, 2.45) is 5.41 Å². The number of hydrogen-bond acceptors (Lipinski definition) is 7. The molecule has 1 aromatic rings. The molecule has 164 valence electrons. The fourth-order valence-electron chi connectivity index (χ4n) is 3.64. The van der Waals surface area contributed by atoms with E-state index in [2.05, 4.69) is 0 Å². The van der Waals surface area contributed by atoms with Crippen molar-refractivity contribution in [3.63, 3.8) is 0 Å². The molecule has 2 heterocycles. The number of methoxy groups -OCH3 is 2. The Labute approximate surface area is 191 Å². The molecule has 0 radical (unpaired) electrons. The third kappa shape index (κ3) is 4.38. The summed E-state index contributed by atoms with van der Waals surface area (Å²) in [5.41, 5.74) is 0.196. The second-order valence-corrected chi connectivity index (χ2v) is 9.31.